The molecule has 6 unspecified atom stereocenters. The third kappa shape index (κ3) is 6.27. The first-order chi connectivity index (χ1) is 16.1. The third-order valence-corrected chi connectivity index (χ3v) is 6.99. The molecule has 8 nitrogen and oxygen atoms in total. The molecule has 2 aliphatic rings. The van der Waals surface area contributed by atoms with E-state index in [9.17, 15) is 24.0 Å². The van der Waals surface area contributed by atoms with Crippen LogP contribution in [-0.4, -0.2) is 47.3 Å². The summed E-state index contributed by atoms with van der Waals surface area (Å²) in [6, 6.07) is 0. The smallest absolute Gasteiger partial charge is 0.305 e. The van der Waals surface area contributed by atoms with Crippen LogP contribution in [-0.2, 0) is 38.2 Å². The van der Waals surface area contributed by atoms with Crippen LogP contribution in [0.4, 0.5) is 0 Å². The summed E-state index contributed by atoms with van der Waals surface area (Å²) in [5.74, 6) is -3.72. The van der Waals surface area contributed by atoms with Gasteiger partial charge >= 0.3 is 17.9 Å². The van der Waals surface area contributed by atoms with Gasteiger partial charge in [0, 0.05) is 31.6 Å². The maximum absolute atomic E-state index is 13.0. The zero-order chi connectivity index (χ0) is 26.7. The lowest BCUT2D eigenvalue weighted by molar-refractivity contribution is -0.196. The van der Waals surface area contributed by atoms with Crippen LogP contribution in [0, 0.1) is 23.2 Å². The van der Waals surface area contributed by atoms with Crippen LogP contribution in [0.5, 0.6) is 0 Å². The molecule has 0 bridgehead atoms. The van der Waals surface area contributed by atoms with E-state index in [-0.39, 0.29) is 36.7 Å². The molecule has 8 heteroatoms. The highest BCUT2D eigenvalue weighted by Crippen LogP contribution is 2.50. The second kappa shape index (κ2) is 10.9. The molecule has 0 radical (unpaired) electrons. The Kier molecular flexibility index (Phi) is 8.84. The fraction of sp³-hybridized carbons (Fsp3) is 0.667. The molecule has 0 N–H and O–H groups in total. The number of Topliss-reactive ketones (excluding diaryl/α,β-unsaturated/α-hetero) is 2. The number of carbonyl (C=O) groups excluding carboxylic acids is 5. The zero-order valence-corrected chi connectivity index (χ0v) is 22.0. The summed E-state index contributed by atoms with van der Waals surface area (Å²) in [6.07, 6.45) is 3.50. The second-order valence-corrected chi connectivity index (χ2v) is 10.4. The molecule has 1 saturated carbocycles. The first kappa shape index (κ1) is 28.5. The van der Waals surface area contributed by atoms with Gasteiger partial charge in [-0.25, -0.2) is 0 Å². The van der Waals surface area contributed by atoms with Crippen LogP contribution in [0.3, 0.4) is 0 Å². The van der Waals surface area contributed by atoms with Crippen molar-refractivity contribution in [1.29, 1.82) is 0 Å². The zero-order valence-electron chi connectivity index (χ0n) is 22.0. The van der Waals surface area contributed by atoms with Crippen molar-refractivity contribution in [3.63, 3.8) is 0 Å². The number of hydrogen-bond acceptors (Lipinski definition) is 8. The minimum absolute atomic E-state index is 0.147. The molecule has 6 atom stereocenters. The van der Waals surface area contributed by atoms with Gasteiger partial charge in [-0.3, -0.25) is 24.0 Å². The van der Waals surface area contributed by atoms with Gasteiger partial charge in [0.05, 0.1) is 12.3 Å². The van der Waals surface area contributed by atoms with Gasteiger partial charge in [-0.15, -0.1) is 0 Å². The molecular weight excluding hydrogens is 452 g/mol. The number of fused-ring (bicyclic) bond motifs is 1. The van der Waals surface area contributed by atoms with Crippen molar-refractivity contribution in [3.8, 4) is 0 Å². The van der Waals surface area contributed by atoms with Crippen molar-refractivity contribution in [1.82, 2.24) is 0 Å². The molecule has 2 aliphatic carbocycles. The molecule has 0 aromatic carbocycles. The van der Waals surface area contributed by atoms with Crippen molar-refractivity contribution >= 4 is 29.5 Å². The Hall–Kier alpha value is -2.77. The Morgan fingerprint density at radius 2 is 1.69 bits per heavy atom. The Morgan fingerprint density at radius 3 is 2.23 bits per heavy atom. The number of rotatable bonds is 4. The molecule has 0 amide bonds. The molecule has 1 fully saturated rings. The fourth-order valence-electron chi connectivity index (χ4n) is 5.08. The summed E-state index contributed by atoms with van der Waals surface area (Å²) in [5.41, 5.74) is -2.03. The molecule has 194 valence electrons. The summed E-state index contributed by atoms with van der Waals surface area (Å²) in [5, 5.41) is 0. The average Bonchev–Trinajstić information content (AvgIpc) is 2.99. The molecule has 0 aliphatic heterocycles. The van der Waals surface area contributed by atoms with E-state index >= 15 is 0 Å². The fourth-order valence-corrected chi connectivity index (χ4v) is 5.08. The van der Waals surface area contributed by atoms with Crippen molar-refractivity contribution in [3.05, 3.63) is 23.8 Å². The number of esters is 3. The monoisotopic (exact) mass is 490 g/mol. The van der Waals surface area contributed by atoms with Gasteiger partial charge < -0.3 is 14.2 Å². The SMILES string of the molecule is CCC(=O)OC1C(C)CC2(OC(C)=O)C1C=C(C)C(=O)CC(=O)C(C)(C)C=CC(C)C2OC(C)=O. The van der Waals surface area contributed by atoms with E-state index in [1.807, 2.05) is 13.8 Å². The van der Waals surface area contributed by atoms with E-state index in [4.69, 9.17) is 14.2 Å². The van der Waals surface area contributed by atoms with E-state index in [1.54, 1.807) is 45.9 Å². The summed E-state index contributed by atoms with van der Waals surface area (Å²) in [4.78, 5) is 62.9. The van der Waals surface area contributed by atoms with Crippen molar-refractivity contribution < 1.29 is 38.2 Å². The maximum atomic E-state index is 13.0. The molecule has 0 heterocycles. The minimum Gasteiger partial charge on any atom is -0.461 e. The van der Waals surface area contributed by atoms with Crippen LogP contribution in [0.25, 0.3) is 0 Å². The number of ketones is 2. The van der Waals surface area contributed by atoms with Gasteiger partial charge in [0.2, 0.25) is 0 Å². The second-order valence-electron chi connectivity index (χ2n) is 10.4. The predicted octanol–water partition coefficient (Wildman–Crippen LogP) is 3.90. The summed E-state index contributed by atoms with van der Waals surface area (Å²) in [6.45, 7) is 12.9. The van der Waals surface area contributed by atoms with Crippen molar-refractivity contribution in [2.75, 3.05) is 0 Å². The van der Waals surface area contributed by atoms with Crippen LogP contribution in [0.2, 0.25) is 0 Å². The average molecular weight is 491 g/mol. The standard InChI is InChI=1S/C27H38O8/c1-9-23(32)34-24-17(4)14-27(35-19(6)29)20(24)12-16(3)21(30)13-22(31)26(7,8)11-10-15(2)25(27)33-18(5)28/h10-12,15,17,20,24-25H,9,13-14H2,1-8H3. The van der Waals surface area contributed by atoms with Crippen LogP contribution in [0.15, 0.2) is 23.8 Å². The van der Waals surface area contributed by atoms with Gasteiger partial charge in [-0.05, 0) is 38.7 Å². The molecular formula is C27H38O8. The summed E-state index contributed by atoms with van der Waals surface area (Å²) < 4.78 is 17.6. The third-order valence-electron chi connectivity index (χ3n) is 6.99. The lowest BCUT2D eigenvalue weighted by Crippen LogP contribution is -2.55. The number of hydrogen-bond donors (Lipinski definition) is 0. The Balaban J connectivity index is 2.84. The first-order valence-corrected chi connectivity index (χ1v) is 12.1. The molecule has 0 aromatic rings. The first-order valence-electron chi connectivity index (χ1n) is 12.1. The Bertz CT molecular complexity index is 943. The topological polar surface area (TPSA) is 113 Å². The van der Waals surface area contributed by atoms with Crippen molar-refractivity contribution in [2.24, 2.45) is 23.2 Å². The molecule has 35 heavy (non-hydrogen) atoms. The van der Waals surface area contributed by atoms with Crippen LogP contribution in [0.1, 0.15) is 74.7 Å². The Labute approximate surface area is 207 Å². The largest absolute Gasteiger partial charge is 0.461 e. The van der Waals surface area contributed by atoms with Crippen LogP contribution < -0.4 is 0 Å². The quantitative estimate of drug-likeness (QED) is 0.252. The Morgan fingerprint density at radius 1 is 1.06 bits per heavy atom. The number of ether oxygens (including phenoxy) is 3. The number of carbonyl (C=O) groups is 5. The predicted molar refractivity (Wildman–Crippen MR) is 128 cm³/mol. The lowest BCUT2D eigenvalue weighted by Gasteiger charge is -2.42. The lowest BCUT2D eigenvalue weighted by atomic mass is 9.75. The van der Waals surface area contributed by atoms with Crippen molar-refractivity contribution in [2.45, 2.75) is 92.5 Å². The highest BCUT2D eigenvalue weighted by Gasteiger charge is 2.61. The van der Waals surface area contributed by atoms with E-state index < -0.39 is 53.0 Å². The van der Waals surface area contributed by atoms with Gasteiger partial charge in [-0.1, -0.05) is 39.0 Å². The van der Waals surface area contributed by atoms with Gasteiger partial charge in [0.25, 0.3) is 0 Å². The number of allylic oxidation sites excluding steroid dienone is 2. The highest BCUT2D eigenvalue weighted by atomic mass is 16.6. The summed E-state index contributed by atoms with van der Waals surface area (Å²) >= 11 is 0. The summed E-state index contributed by atoms with van der Waals surface area (Å²) in [7, 11) is 0. The van der Waals surface area contributed by atoms with Gasteiger partial charge in [0.15, 0.2) is 11.4 Å². The maximum Gasteiger partial charge on any atom is 0.305 e. The van der Waals surface area contributed by atoms with E-state index in [0.29, 0.717) is 5.57 Å². The minimum atomic E-state index is -1.39. The molecule has 2 rings (SSSR count). The highest BCUT2D eigenvalue weighted by molar-refractivity contribution is 6.09. The normalized spacial score (nSPS) is 33.0. The van der Waals surface area contributed by atoms with E-state index in [1.165, 1.54) is 13.8 Å². The van der Waals surface area contributed by atoms with E-state index in [0.717, 1.165) is 0 Å². The molecule has 0 saturated heterocycles. The van der Waals surface area contributed by atoms with Gasteiger partial charge in [-0.2, -0.15) is 0 Å². The van der Waals surface area contributed by atoms with E-state index in [2.05, 4.69) is 0 Å². The van der Waals surface area contributed by atoms with Crippen LogP contribution >= 0.6 is 0 Å². The molecule has 0 aromatic heterocycles. The molecule has 0 spiro atoms. The van der Waals surface area contributed by atoms with Gasteiger partial charge in [0.1, 0.15) is 18.0 Å².